The number of aliphatic imine (C=N–C) groups is 1. The maximum absolute atomic E-state index is 12.1. The van der Waals surface area contributed by atoms with Gasteiger partial charge >= 0.3 is 0 Å². The van der Waals surface area contributed by atoms with Crippen LogP contribution in [0.25, 0.3) is 0 Å². The van der Waals surface area contributed by atoms with E-state index in [1.54, 1.807) is 0 Å². The molecule has 1 heterocycles. The Kier molecular flexibility index (Phi) is 12.9. The number of anilines is 1. The van der Waals surface area contributed by atoms with Gasteiger partial charge in [-0.25, -0.2) is 4.99 Å². The number of amides is 1. The average Bonchev–Trinajstić information content (AvgIpc) is 2.71. The van der Waals surface area contributed by atoms with Crippen molar-refractivity contribution in [2.75, 3.05) is 31.1 Å². The summed E-state index contributed by atoms with van der Waals surface area (Å²) in [6.07, 6.45) is 5.76. The van der Waals surface area contributed by atoms with Crippen LogP contribution in [0.4, 0.5) is 5.69 Å². The fourth-order valence-corrected chi connectivity index (χ4v) is 3.55. The largest absolute Gasteiger partial charge is 0.396 e. The number of aliphatic hydroxyl groups excluding tert-OH is 1. The monoisotopic (exact) mass is 516 g/mol. The van der Waals surface area contributed by atoms with Crippen molar-refractivity contribution in [2.24, 2.45) is 10.9 Å². The maximum atomic E-state index is 12.1. The molecule has 1 aromatic carbocycles. The number of nitrogens with one attached hydrogen (secondary N) is 2. The predicted molar refractivity (Wildman–Crippen MR) is 131 cm³/mol. The highest BCUT2D eigenvalue weighted by Crippen LogP contribution is 2.21. The van der Waals surface area contributed by atoms with Crippen LogP contribution in [0.5, 0.6) is 0 Å². The molecule has 1 atom stereocenters. The van der Waals surface area contributed by atoms with E-state index in [1.165, 1.54) is 0 Å². The van der Waals surface area contributed by atoms with Crippen molar-refractivity contribution in [2.45, 2.75) is 58.9 Å². The molecule has 1 aliphatic rings. The summed E-state index contributed by atoms with van der Waals surface area (Å²) in [5.41, 5.74) is 2.10. The van der Waals surface area contributed by atoms with E-state index in [-0.39, 0.29) is 36.5 Å². The number of nitrogens with zero attached hydrogens (tertiary/aromatic N) is 2. The van der Waals surface area contributed by atoms with Gasteiger partial charge in [-0.3, -0.25) is 4.79 Å². The van der Waals surface area contributed by atoms with Crippen molar-refractivity contribution in [3.8, 4) is 0 Å². The van der Waals surface area contributed by atoms with E-state index in [1.807, 2.05) is 17.0 Å². The van der Waals surface area contributed by atoms with Crippen molar-refractivity contribution in [3.63, 3.8) is 0 Å². The van der Waals surface area contributed by atoms with Gasteiger partial charge in [-0.1, -0.05) is 25.5 Å². The fourth-order valence-electron chi connectivity index (χ4n) is 3.55. The summed E-state index contributed by atoms with van der Waals surface area (Å²) in [7, 11) is 0. The lowest BCUT2D eigenvalue weighted by Gasteiger charge is -2.26. The Morgan fingerprint density at radius 1 is 1.17 bits per heavy atom. The molecule has 0 aliphatic carbocycles. The summed E-state index contributed by atoms with van der Waals surface area (Å²) in [6.45, 7) is 7.48. The fraction of sp³-hybridized carbons (Fsp3) is 0.636. The van der Waals surface area contributed by atoms with Gasteiger partial charge in [-0.2, -0.15) is 0 Å². The standard InChI is InChI=1S/C22H36N4O2.HI/c1-3-7-18(13-15-27)16-24-22(23-4-2)25-17-19-9-11-20(12-10-19)26-14-6-5-8-21(26)28;/h9-12,18,27H,3-8,13-17H2,1-2H3,(H2,23,24,25);1H. The molecule has 1 fully saturated rings. The molecule has 0 saturated carbocycles. The zero-order valence-electron chi connectivity index (χ0n) is 17.8. The minimum atomic E-state index is 0. The summed E-state index contributed by atoms with van der Waals surface area (Å²) >= 11 is 0. The second-order valence-electron chi connectivity index (χ2n) is 7.41. The van der Waals surface area contributed by atoms with E-state index in [4.69, 9.17) is 0 Å². The van der Waals surface area contributed by atoms with E-state index in [0.717, 1.165) is 68.9 Å². The number of halogens is 1. The van der Waals surface area contributed by atoms with Crippen molar-refractivity contribution < 1.29 is 9.90 Å². The zero-order chi connectivity index (χ0) is 20.2. The Bertz CT molecular complexity index is 616. The van der Waals surface area contributed by atoms with Crippen LogP contribution in [-0.2, 0) is 11.3 Å². The summed E-state index contributed by atoms with van der Waals surface area (Å²) in [4.78, 5) is 18.6. The molecule has 164 valence electrons. The van der Waals surface area contributed by atoms with Crippen LogP contribution in [0.2, 0.25) is 0 Å². The van der Waals surface area contributed by atoms with Gasteiger partial charge in [0.15, 0.2) is 5.96 Å². The number of hydrogen-bond acceptors (Lipinski definition) is 3. The second kappa shape index (κ2) is 14.6. The minimum Gasteiger partial charge on any atom is -0.396 e. The Balaban J connectivity index is 0.00000420. The number of aliphatic hydroxyl groups is 1. The molecule has 0 bridgehead atoms. The predicted octanol–water partition coefficient (Wildman–Crippen LogP) is 3.68. The molecule has 1 saturated heterocycles. The van der Waals surface area contributed by atoms with Crippen LogP contribution in [0.3, 0.4) is 0 Å². The number of guanidine groups is 1. The molecule has 1 amide bonds. The molecule has 1 unspecified atom stereocenters. The smallest absolute Gasteiger partial charge is 0.226 e. The summed E-state index contributed by atoms with van der Waals surface area (Å²) in [5.74, 6) is 1.48. The van der Waals surface area contributed by atoms with E-state index in [9.17, 15) is 9.90 Å². The Morgan fingerprint density at radius 3 is 2.55 bits per heavy atom. The molecular formula is C22H37IN4O2. The number of benzene rings is 1. The SMILES string of the molecule is CCCC(CCO)CNC(=NCc1ccc(N2CCCCC2=O)cc1)NCC.I. The van der Waals surface area contributed by atoms with Gasteiger partial charge in [0.1, 0.15) is 0 Å². The Morgan fingerprint density at radius 2 is 1.93 bits per heavy atom. The van der Waals surface area contributed by atoms with Gasteiger partial charge in [0.25, 0.3) is 0 Å². The quantitative estimate of drug-likeness (QED) is 0.252. The number of carbonyl (C=O) groups is 1. The van der Waals surface area contributed by atoms with Crippen molar-refractivity contribution in [1.29, 1.82) is 0 Å². The molecule has 6 nitrogen and oxygen atoms in total. The van der Waals surface area contributed by atoms with Gasteiger partial charge in [-0.15, -0.1) is 24.0 Å². The van der Waals surface area contributed by atoms with E-state index in [2.05, 4.69) is 41.6 Å². The average molecular weight is 516 g/mol. The first-order chi connectivity index (χ1) is 13.7. The Labute approximate surface area is 192 Å². The van der Waals surface area contributed by atoms with Gasteiger partial charge in [0, 0.05) is 38.3 Å². The molecule has 3 N–H and O–H groups in total. The Hall–Kier alpha value is -1.35. The molecule has 29 heavy (non-hydrogen) atoms. The van der Waals surface area contributed by atoms with E-state index >= 15 is 0 Å². The first-order valence-electron chi connectivity index (χ1n) is 10.7. The lowest BCUT2D eigenvalue weighted by atomic mass is 10.0. The molecule has 7 heteroatoms. The first-order valence-corrected chi connectivity index (χ1v) is 10.7. The summed E-state index contributed by atoms with van der Waals surface area (Å²) in [6, 6.07) is 8.14. The van der Waals surface area contributed by atoms with Crippen LogP contribution < -0.4 is 15.5 Å². The third kappa shape index (κ3) is 8.90. The zero-order valence-corrected chi connectivity index (χ0v) is 20.2. The maximum Gasteiger partial charge on any atom is 0.226 e. The normalized spacial score (nSPS) is 15.6. The highest BCUT2D eigenvalue weighted by Gasteiger charge is 2.19. The van der Waals surface area contributed by atoms with Gasteiger partial charge < -0.3 is 20.6 Å². The van der Waals surface area contributed by atoms with Crippen LogP contribution >= 0.6 is 24.0 Å². The van der Waals surface area contributed by atoms with Gasteiger partial charge in [0.05, 0.1) is 6.54 Å². The molecule has 1 aliphatic heterocycles. The van der Waals surface area contributed by atoms with Crippen LogP contribution in [0.1, 0.15) is 57.9 Å². The summed E-state index contributed by atoms with van der Waals surface area (Å²) in [5, 5.41) is 15.9. The number of carbonyl (C=O) groups excluding carboxylic acids is 1. The van der Waals surface area contributed by atoms with Gasteiger partial charge in [-0.05, 0) is 56.2 Å². The topological polar surface area (TPSA) is 77.0 Å². The van der Waals surface area contributed by atoms with Crippen LogP contribution in [0.15, 0.2) is 29.3 Å². The highest BCUT2D eigenvalue weighted by atomic mass is 127. The van der Waals surface area contributed by atoms with Crippen LogP contribution in [-0.4, -0.2) is 43.2 Å². The summed E-state index contributed by atoms with van der Waals surface area (Å²) < 4.78 is 0. The molecule has 0 radical (unpaired) electrons. The van der Waals surface area contributed by atoms with Crippen molar-refractivity contribution in [1.82, 2.24) is 10.6 Å². The second-order valence-corrected chi connectivity index (χ2v) is 7.41. The van der Waals surface area contributed by atoms with E-state index < -0.39 is 0 Å². The molecule has 0 aromatic heterocycles. The molecule has 0 spiro atoms. The van der Waals surface area contributed by atoms with Gasteiger partial charge in [0.2, 0.25) is 5.91 Å². The van der Waals surface area contributed by atoms with Crippen LogP contribution in [0, 0.1) is 5.92 Å². The lowest BCUT2D eigenvalue weighted by molar-refractivity contribution is -0.119. The van der Waals surface area contributed by atoms with Crippen molar-refractivity contribution >= 4 is 41.5 Å². The lowest BCUT2D eigenvalue weighted by Crippen LogP contribution is -2.40. The minimum absolute atomic E-state index is 0. The third-order valence-corrected chi connectivity index (χ3v) is 5.13. The number of rotatable bonds is 10. The number of hydrogen-bond donors (Lipinski definition) is 3. The van der Waals surface area contributed by atoms with Crippen molar-refractivity contribution in [3.05, 3.63) is 29.8 Å². The molecule has 2 rings (SSSR count). The third-order valence-electron chi connectivity index (χ3n) is 5.13. The number of piperidine rings is 1. The molecule has 1 aromatic rings. The highest BCUT2D eigenvalue weighted by molar-refractivity contribution is 14.0. The first kappa shape index (κ1) is 25.7. The molecular weight excluding hydrogens is 479 g/mol. The van der Waals surface area contributed by atoms with E-state index in [0.29, 0.717) is 18.9 Å².